The van der Waals surface area contributed by atoms with Crippen LogP contribution in [0, 0.1) is 5.41 Å². The zero-order valence-corrected chi connectivity index (χ0v) is 18.1. The third-order valence-electron chi connectivity index (χ3n) is 4.23. The lowest BCUT2D eigenvalue weighted by Crippen LogP contribution is -1.94. The van der Waals surface area contributed by atoms with E-state index in [-0.39, 0.29) is 0 Å². The Labute approximate surface area is 177 Å². The molecule has 0 spiro atoms. The molecule has 1 atom stereocenters. The molecule has 0 fully saturated rings. The number of thioether (sulfide) groups is 1. The Hall–Kier alpha value is -1.50. The zero-order valence-electron chi connectivity index (χ0n) is 15.0. The number of aliphatic imine (C=N–C) groups is 2. The van der Waals surface area contributed by atoms with Crippen molar-refractivity contribution < 1.29 is 0 Å². The molecule has 1 aromatic carbocycles. The van der Waals surface area contributed by atoms with Crippen molar-refractivity contribution in [2.24, 2.45) is 9.98 Å². The van der Waals surface area contributed by atoms with Crippen LogP contribution in [0.5, 0.6) is 0 Å². The topological polar surface area (TPSA) is 61.5 Å². The fourth-order valence-electron chi connectivity index (χ4n) is 2.86. The van der Waals surface area contributed by atoms with Gasteiger partial charge in [-0.05, 0) is 54.2 Å². The number of pyridine rings is 1. The molecular formula is C20H20BrClN4S. The van der Waals surface area contributed by atoms with Crippen LogP contribution in [0.15, 0.2) is 49.7 Å². The van der Waals surface area contributed by atoms with Crippen LogP contribution in [0.4, 0.5) is 5.82 Å². The molecule has 1 N–H and O–H groups in total. The van der Waals surface area contributed by atoms with Gasteiger partial charge in [0.05, 0.1) is 11.6 Å². The third-order valence-corrected chi connectivity index (χ3v) is 6.02. The minimum absolute atomic E-state index is 0.421. The average Bonchev–Trinajstić information content (AvgIpc) is 2.77. The predicted molar refractivity (Wildman–Crippen MR) is 120 cm³/mol. The van der Waals surface area contributed by atoms with E-state index in [0.717, 1.165) is 27.9 Å². The fourth-order valence-corrected chi connectivity index (χ4v) is 4.79. The highest BCUT2D eigenvalue weighted by Gasteiger charge is 2.19. The van der Waals surface area contributed by atoms with E-state index in [2.05, 4.69) is 51.0 Å². The molecule has 27 heavy (non-hydrogen) atoms. The maximum atomic E-state index is 7.02. The van der Waals surface area contributed by atoms with E-state index in [1.54, 1.807) is 18.0 Å². The number of fused-ring (bicyclic) bond motifs is 1. The van der Waals surface area contributed by atoms with Gasteiger partial charge in [-0.15, -0.1) is 0 Å². The standard InChI is InChI=1S/C20H20BrClN4S/c1-13-3-6-20(27-17-11-15(21)4-5-16(13)17)26-19-10-14(9-18(22)25-19)12-24-8-2-7-23/h4-5,7-11,13,23H,2-3,6,12H2,1H3. The van der Waals surface area contributed by atoms with Crippen LogP contribution >= 0.6 is 39.3 Å². The Bertz CT molecular complexity index is 898. The number of nitrogens with one attached hydrogen (secondary N) is 1. The van der Waals surface area contributed by atoms with Gasteiger partial charge in [-0.25, -0.2) is 9.98 Å². The Morgan fingerprint density at radius 3 is 3.04 bits per heavy atom. The van der Waals surface area contributed by atoms with Crippen LogP contribution in [-0.2, 0) is 6.54 Å². The van der Waals surface area contributed by atoms with Gasteiger partial charge in [0.15, 0.2) is 5.82 Å². The molecule has 0 amide bonds. The molecule has 2 heterocycles. The van der Waals surface area contributed by atoms with Crippen molar-refractivity contribution in [1.82, 2.24) is 4.98 Å². The summed E-state index contributed by atoms with van der Waals surface area (Å²) in [5, 5.41) is 8.49. The van der Waals surface area contributed by atoms with Crippen LogP contribution in [0.25, 0.3) is 0 Å². The maximum absolute atomic E-state index is 7.02. The molecule has 3 rings (SSSR count). The second-order valence-corrected chi connectivity index (χ2v) is 8.77. The lowest BCUT2D eigenvalue weighted by Gasteiger charge is -2.11. The Morgan fingerprint density at radius 1 is 1.37 bits per heavy atom. The van der Waals surface area contributed by atoms with Crippen molar-refractivity contribution in [3.8, 4) is 0 Å². The molecule has 0 saturated carbocycles. The van der Waals surface area contributed by atoms with Gasteiger partial charge in [0.1, 0.15) is 5.15 Å². The van der Waals surface area contributed by atoms with Gasteiger partial charge >= 0.3 is 0 Å². The maximum Gasteiger partial charge on any atom is 0.154 e. The number of rotatable bonds is 5. The van der Waals surface area contributed by atoms with Gasteiger partial charge in [-0.3, -0.25) is 4.99 Å². The van der Waals surface area contributed by atoms with E-state index in [4.69, 9.17) is 22.0 Å². The molecule has 0 radical (unpaired) electrons. The lowest BCUT2D eigenvalue weighted by molar-refractivity contribution is 0.697. The van der Waals surface area contributed by atoms with Crippen LogP contribution in [0.1, 0.15) is 43.2 Å². The molecular weight excluding hydrogens is 444 g/mol. The second-order valence-electron chi connectivity index (χ2n) is 6.35. The van der Waals surface area contributed by atoms with Crippen molar-refractivity contribution in [2.45, 2.75) is 43.5 Å². The summed E-state index contributed by atoms with van der Waals surface area (Å²) in [5.74, 6) is 1.12. The Kier molecular flexibility index (Phi) is 7.21. The van der Waals surface area contributed by atoms with Crippen LogP contribution in [0.3, 0.4) is 0 Å². The highest BCUT2D eigenvalue weighted by Crippen LogP contribution is 2.39. The van der Waals surface area contributed by atoms with Crippen LogP contribution in [0.2, 0.25) is 5.15 Å². The molecule has 7 heteroatoms. The molecule has 0 aliphatic carbocycles. The molecule has 4 nitrogen and oxygen atoms in total. The summed E-state index contributed by atoms with van der Waals surface area (Å²) < 4.78 is 1.08. The third kappa shape index (κ3) is 5.74. The van der Waals surface area contributed by atoms with E-state index in [1.165, 1.54) is 16.7 Å². The molecule has 1 aromatic heterocycles. The van der Waals surface area contributed by atoms with Gasteiger partial charge in [0.2, 0.25) is 0 Å². The smallest absolute Gasteiger partial charge is 0.154 e. The number of hydrogen-bond acceptors (Lipinski definition) is 5. The van der Waals surface area contributed by atoms with E-state index in [9.17, 15) is 0 Å². The van der Waals surface area contributed by atoms with Gasteiger partial charge in [0, 0.05) is 28.2 Å². The highest BCUT2D eigenvalue weighted by atomic mass is 79.9. The first-order valence-corrected chi connectivity index (χ1v) is 10.7. The largest absolute Gasteiger partial charge is 0.313 e. The molecule has 1 aliphatic heterocycles. The van der Waals surface area contributed by atoms with Crippen molar-refractivity contribution in [2.75, 3.05) is 0 Å². The van der Waals surface area contributed by atoms with Crippen LogP contribution < -0.4 is 0 Å². The molecule has 0 bridgehead atoms. The fraction of sp³-hybridized carbons (Fsp3) is 0.300. The first-order valence-electron chi connectivity index (χ1n) is 8.73. The van der Waals surface area contributed by atoms with Crippen molar-refractivity contribution in [3.05, 3.63) is 51.1 Å². The van der Waals surface area contributed by atoms with Gasteiger partial charge < -0.3 is 5.41 Å². The first kappa shape index (κ1) is 20.2. The second kappa shape index (κ2) is 9.62. The summed E-state index contributed by atoms with van der Waals surface area (Å²) >= 11 is 11.5. The van der Waals surface area contributed by atoms with E-state index in [0.29, 0.717) is 29.9 Å². The van der Waals surface area contributed by atoms with E-state index >= 15 is 0 Å². The van der Waals surface area contributed by atoms with Gasteiger partial charge in [-0.1, -0.05) is 52.3 Å². The summed E-state index contributed by atoms with van der Waals surface area (Å²) in [5.41, 5.74) is 2.33. The predicted octanol–water partition coefficient (Wildman–Crippen LogP) is 6.83. The minimum Gasteiger partial charge on any atom is -0.313 e. The zero-order chi connectivity index (χ0) is 19.2. The normalized spacial score (nSPS) is 18.5. The number of hydrogen-bond donors (Lipinski definition) is 1. The monoisotopic (exact) mass is 462 g/mol. The van der Waals surface area contributed by atoms with Gasteiger partial charge in [0.25, 0.3) is 0 Å². The van der Waals surface area contributed by atoms with Crippen molar-refractivity contribution in [3.63, 3.8) is 0 Å². The lowest BCUT2D eigenvalue weighted by atomic mass is 9.97. The molecule has 2 aromatic rings. The highest BCUT2D eigenvalue weighted by molar-refractivity contribution is 9.10. The average molecular weight is 464 g/mol. The molecule has 1 aliphatic rings. The van der Waals surface area contributed by atoms with Crippen molar-refractivity contribution >= 4 is 62.6 Å². The SMILES string of the molecule is CC1CCC(=Nc2cc(CN=CCC=N)cc(Cl)n2)Sc2cc(Br)ccc21. The number of benzene rings is 1. The molecule has 1 unspecified atom stereocenters. The van der Waals surface area contributed by atoms with E-state index in [1.807, 2.05) is 12.1 Å². The Balaban J connectivity index is 1.85. The van der Waals surface area contributed by atoms with E-state index < -0.39 is 0 Å². The summed E-state index contributed by atoms with van der Waals surface area (Å²) in [6.07, 6.45) is 5.56. The first-order chi connectivity index (χ1) is 13.0. The van der Waals surface area contributed by atoms with Crippen molar-refractivity contribution in [1.29, 1.82) is 5.41 Å². The number of aromatic nitrogens is 1. The molecule has 0 saturated heterocycles. The number of nitrogens with zero attached hydrogens (tertiary/aromatic N) is 3. The summed E-state index contributed by atoms with van der Waals surface area (Å²) in [4.78, 5) is 14.7. The van der Waals surface area contributed by atoms with Crippen LogP contribution in [-0.4, -0.2) is 22.5 Å². The minimum atomic E-state index is 0.421. The van der Waals surface area contributed by atoms with Gasteiger partial charge in [-0.2, -0.15) is 0 Å². The summed E-state index contributed by atoms with van der Waals surface area (Å²) in [6.45, 7) is 2.77. The quantitative estimate of drug-likeness (QED) is 0.390. The Morgan fingerprint density at radius 2 is 2.22 bits per heavy atom. The molecule has 140 valence electrons. The summed E-state index contributed by atoms with van der Waals surface area (Å²) in [7, 11) is 0. The summed E-state index contributed by atoms with van der Waals surface area (Å²) in [6, 6.07) is 10.2. The number of halogens is 2.